The third-order valence-corrected chi connectivity index (χ3v) is 7.02. The van der Waals surface area contributed by atoms with Crippen LogP contribution in [-0.4, -0.2) is 60.4 Å². The highest BCUT2D eigenvalue weighted by Gasteiger charge is 2.24. The molecule has 9 nitrogen and oxygen atoms in total. The zero-order valence-corrected chi connectivity index (χ0v) is 23.0. The number of rotatable bonds is 13. The number of hydrogen-bond acceptors (Lipinski definition) is 7. The summed E-state index contributed by atoms with van der Waals surface area (Å²) in [7, 11) is 3.16. The number of ether oxygens (including phenoxy) is 2. The van der Waals surface area contributed by atoms with Gasteiger partial charge in [-0.3, -0.25) is 19.7 Å². The highest BCUT2D eigenvalue weighted by Crippen LogP contribution is 2.28. The van der Waals surface area contributed by atoms with E-state index in [0.29, 0.717) is 49.5 Å². The standard InChI is InChI=1S/C28H33N3O6S/c1-5-13-30(28(33)22-10-8-20(2)24(17-22)31(34)35)19-27(32)29(18-23-7-6-15-38-23)14-12-21-9-11-25(36-3)26(16-21)37-4/h6-11,15-17H,5,12-14,18-19H2,1-4H3. The number of nitro groups is 1. The zero-order valence-electron chi connectivity index (χ0n) is 22.1. The Bertz CT molecular complexity index is 1260. The number of amides is 2. The van der Waals surface area contributed by atoms with Gasteiger partial charge in [0.15, 0.2) is 11.5 Å². The Hall–Kier alpha value is -3.92. The third-order valence-electron chi connectivity index (χ3n) is 6.16. The molecule has 0 fully saturated rings. The average Bonchev–Trinajstić information content (AvgIpc) is 3.43. The Balaban J connectivity index is 1.79. The largest absolute Gasteiger partial charge is 0.493 e. The van der Waals surface area contributed by atoms with Crippen molar-refractivity contribution in [2.75, 3.05) is 33.9 Å². The van der Waals surface area contributed by atoms with E-state index < -0.39 is 10.8 Å². The minimum Gasteiger partial charge on any atom is -0.493 e. The quantitative estimate of drug-likeness (QED) is 0.221. The fourth-order valence-electron chi connectivity index (χ4n) is 4.09. The molecule has 1 heterocycles. The molecule has 0 aliphatic heterocycles. The predicted molar refractivity (Wildman–Crippen MR) is 147 cm³/mol. The summed E-state index contributed by atoms with van der Waals surface area (Å²) in [6.07, 6.45) is 1.23. The van der Waals surface area contributed by atoms with E-state index in [0.717, 1.165) is 10.4 Å². The molecule has 2 amide bonds. The molecule has 0 saturated heterocycles. The van der Waals surface area contributed by atoms with Crippen molar-refractivity contribution in [1.29, 1.82) is 0 Å². The predicted octanol–water partition coefficient (Wildman–Crippen LogP) is 5.11. The maximum atomic E-state index is 13.5. The van der Waals surface area contributed by atoms with Crippen molar-refractivity contribution in [3.05, 3.63) is 85.6 Å². The number of hydrogen-bond donors (Lipinski definition) is 0. The van der Waals surface area contributed by atoms with Crippen molar-refractivity contribution in [2.24, 2.45) is 0 Å². The lowest BCUT2D eigenvalue weighted by atomic mass is 10.1. The maximum absolute atomic E-state index is 13.5. The van der Waals surface area contributed by atoms with Crippen molar-refractivity contribution in [2.45, 2.75) is 33.2 Å². The molecular formula is C28H33N3O6S. The highest BCUT2D eigenvalue weighted by atomic mass is 32.1. The number of benzene rings is 2. The fourth-order valence-corrected chi connectivity index (χ4v) is 4.81. The van der Waals surface area contributed by atoms with Gasteiger partial charge in [-0.2, -0.15) is 0 Å². The molecule has 0 N–H and O–H groups in total. The van der Waals surface area contributed by atoms with Gasteiger partial charge in [0.2, 0.25) is 5.91 Å². The second kappa shape index (κ2) is 13.6. The number of methoxy groups -OCH3 is 2. The maximum Gasteiger partial charge on any atom is 0.273 e. The van der Waals surface area contributed by atoms with Gasteiger partial charge >= 0.3 is 0 Å². The van der Waals surface area contributed by atoms with Crippen molar-refractivity contribution in [3.8, 4) is 11.5 Å². The van der Waals surface area contributed by atoms with Crippen molar-refractivity contribution in [1.82, 2.24) is 9.80 Å². The summed E-state index contributed by atoms with van der Waals surface area (Å²) >= 11 is 1.56. The van der Waals surface area contributed by atoms with Crippen molar-refractivity contribution < 1.29 is 24.0 Å². The first-order chi connectivity index (χ1) is 18.3. The molecule has 202 valence electrons. The van der Waals surface area contributed by atoms with Gasteiger partial charge in [0.05, 0.1) is 25.7 Å². The molecule has 0 aliphatic rings. The lowest BCUT2D eigenvalue weighted by Gasteiger charge is -2.27. The second-order valence-electron chi connectivity index (χ2n) is 8.82. The molecule has 0 atom stereocenters. The summed E-state index contributed by atoms with van der Waals surface area (Å²) < 4.78 is 10.7. The Kier molecular flexibility index (Phi) is 10.2. The van der Waals surface area contributed by atoms with Gasteiger partial charge < -0.3 is 19.3 Å². The van der Waals surface area contributed by atoms with Crippen LogP contribution < -0.4 is 9.47 Å². The van der Waals surface area contributed by atoms with Gasteiger partial charge in [-0.15, -0.1) is 11.3 Å². The van der Waals surface area contributed by atoms with Crippen LogP contribution in [-0.2, 0) is 17.8 Å². The summed E-state index contributed by atoms with van der Waals surface area (Å²) in [4.78, 5) is 42.0. The smallest absolute Gasteiger partial charge is 0.273 e. The average molecular weight is 540 g/mol. The Morgan fingerprint density at radius 1 is 1.00 bits per heavy atom. The summed E-state index contributed by atoms with van der Waals surface area (Å²) in [5, 5.41) is 13.3. The summed E-state index contributed by atoms with van der Waals surface area (Å²) in [6, 6.07) is 14.0. The molecule has 3 rings (SSSR count). The normalized spacial score (nSPS) is 10.6. The van der Waals surface area contributed by atoms with E-state index in [1.165, 1.54) is 11.0 Å². The minimum absolute atomic E-state index is 0.118. The molecule has 10 heteroatoms. The van der Waals surface area contributed by atoms with Crippen LogP contribution in [0.2, 0.25) is 0 Å². The van der Waals surface area contributed by atoms with Gasteiger partial charge in [-0.05, 0) is 55.0 Å². The molecule has 0 spiro atoms. The summed E-state index contributed by atoms with van der Waals surface area (Å²) in [5.41, 5.74) is 1.54. The fraction of sp³-hybridized carbons (Fsp3) is 0.357. The van der Waals surface area contributed by atoms with E-state index in [9.17, 15) is 19.7 Å². The van der Waals surface area contributed by atoms with Crippen LogP contribution in [0.3, 0.4) is 0 Å². The molecule has 1 aromatic heterocycles. The van der Waals surface area contributed by atoms with Gasteiger partial charge in [0, 0.05) is 35.2 Å². The number of carbonyl (C=O) groups is 2. The summed E-state index contributed by atoms with van der Waals surface area (Å²) in [6.45, 7) is 4.65. The molecule has 38 heavy (non-hydrogen) atoms. The molecule has 0 bridgehead atoms. The van der Waals surface area contributed by atoms with E-state index in [2.05, 4.69) is 0 Å². The van der Waals surface area contributed by atoms with E-state index in [4.69, 9.17) is 9.47 Å². The first kappa shape index (κ1) is 28.6. The van der Waals surface area contributed by atoms with Gasteiger partial charge in [-0.1, -0.05) is 25.1 Å². The Morgan fingerprint density at radius 2 is 1.76 bits per heavy atom. The molecule has 0 radical (unpaired) electrons. The van der Waals surface area contributed by atoms with Crippen LogP contribution in [0.1, 0.15) is 39.7 Å². The summed E-state index contributed by atoms with van der Waals surface area (Å²) in [5.74, 6) is 0.655. The number of thiophene rings is 1. The van der Waals surface area contributed by atoms with E-state index in [1.807, 2.05) is 42.6 Å². The third kappa shape index (κ3) is 7.32. The second-order valence-corrected chi connectivity index (χ2v) is 9.85. The lowest BCUT2D eigenvalue weighted by Crippen LogP contribution is -2.43. The van der Waals surface area contributed by atoms with Crippen LogP contribution >= 0.6 is 11.3 Å². The van der Waals surface area contributed by atoms with Gasteiger partial charge in [0.25, 0.3) is 11.6 Å². The lowest BCUT2D eigenvalue weighted by molar-refractivity contribution is -0.385. The van der Waals surface area contributed by atoms with E-state index in [1.54, 1.807) is 49.5 Å². The number of aryl methyl sites for hydroxylation is 1. The molecule has 0 unspecified atom stereocenters. The van der Waals surface area contributed by atoms with Crippen molar-refractivity contribution in [3.63, 3.8) is 0 Å². The number of nitrogens with zero attached hydrogens (tertiary/aromatic N) is 3. The molecule has 2 aromatic carbocycles. The number of nitro benzene ring substituents is 1. The minimum atomic E-state index is -0.502. The molecule has 3 aromatic rings. The van der Waals surface area contributed by atoms with Crippen LogP contribution in [0, 0.1) is 17.0 Å². The first-order valence-electron chi connectivity index (χ1n) is 12.3. The SMILES string of the molecule is CCCN(CC(=O)N(CCc1ccc(OC)c(OC)c1)Cc1cccs1)C(=O)c1ccc(C)c([N+](=O)[O-])c1. The Labute approximate surface area is 226 Å². The van der Waals surface area contributed by atoms with E-state index in [-0.39, 0.29) is 23.7 Å². The zero-order chi connectivity index (χ0) is 27.7. The molecule has 0 aliphatic carbocycles. The molecule has 0 saturated carbocycles. The first-order valence-corrected chi connectivity index (χ1v) is 13.2. The van der Waals surface area contributed by atoms with Gasteiger partial charge in [0.1, 0.15) is 6.54 Å². The van der Waals surface area contributed by atoms with Crippen molar-refractivity contribution >= 4 is 28.8 Å². The van der Waals surface area contributed by atoms with E-state index >= 15 is 0 Å². The monoisotopic (exact) mass is 539 g/mol. The van der Waals surface area contributed by atoms with Crippen LogP contribution in [0.5, 0.6) is 11.5 Å². The topological polar surface area (TPSA) is 102 Å². The van der Waals surface area contributed by atoms with Gasteiger partial charge in [-0.25, -0.2) is 0 Å². The van der Waals surface area contributed by atoms with Crippen LogP contribution in [0.15, 0.2) is 53.9 Å². The highest BCUT2D eigenvalue weighted by molar-refractivity contribution is 7.09. The molecular weight excluding hydrogens is 506 g/mol. The van der Waals surface area contributed by atoms with Crippen LogP contribution in [0.25, 0.3) is 0 Å². The van der Waals surface area contributed by atoms with Crippen LogP contribution in [0.4, 0.5) is 5.69 Å². The number of carbonyl (C=O) groups excluding carboxylic acids is 2. The Morgan fingerprint density at radius 3 is 2.39 bits per heavy atom.